The summed E-state index contributed by atoms with van der Waals surface area (Å²) in [5, 5.41) is 0. The van der Waals surface area contributed by atoms with Gasteiger partial charge in [0.15, 0.2) is 17.4 Å². The van der Waals surface area contributed by atoms with Gasteiger partial charge < -0.3 is 10.5 Å². The molecule has 0 unspecified atom stereocenters. The quantitative estimate of drug-likeness (QED) is 0.476. The Bertz CT molecular complexity index is 327. The number of nitrogen functional groups attached to an aromatic ring is 1. The lowest BCUT2D eigenvalue weighted by Crippen LogP contribution is -2.02. The van der Waals surface area contributed by atoms with Crippen molar-refractivity contribution in [1.29, 1.82) is 0 Å². The van der Waals surface area contributed by atoms with Crippen LogP contribution in [-0.4, -0.2) is 7.11 Å². The lowest BCUT2D eigenvalue weighted by atomic mass is 10.2. The Kier molecular flexibility index (Phi) is 2.70. The van der Waals surface area contributed by atoms with Crippen LogP contribution in [0.5, 0.6) is 5.75 Å². The molecule has 0 saturated carbocycles. The van der Waals surface area contributed by atoms with Gasteiger partial charge in [-0.05, 0) is 15.9 Å². The molecule has 2 N–H and O–H groups in total. The van der Waals surface area contributed by atoms with Crippen molar-refractivity contribution < 1.29 is 17.9 Å². The molecule has 2 nitrogen and oxygen atoms in total. The predicted molar refractivity (Wildman–Crippen MR) is 45.0 cm³/mol. The third kappa shape index (κ3) is 1.46. The summed E-state index contributed by atoms with van der Waals surface area (Å²) in [6.07, 6.45) is 0. The van der Waals surface area contributed by atoms with Crippen LogP contribution in [0, 0.1) is 17.5 Å². The summed E-state index contributed by atoms with van der Waals surface area (Å²) in [6, 6.07) is 0. The van der Waals surface area contributed by atoms with Gasteiger partial charge in [-0.3, -0.25) is 0 Å². The molecule has 6 heteroatoms. The summed E-state index contributed by atoms with van der Waals surface area (Å²) in [6.45, 7) is 0. The maximum absolute atomic E-state index is 12.9. The minimum atomic E-state index is -1.61. The van der Waals surface area contributed by atoms with Gasteiger partial charge in [-0.2, -0.15) is 4.39 Å². The molecule has 72 valence electrons. The van der Waals surface area contributed by atoms with E-state index in [1.807, 2.05) is 0 Å². The van der Waals surface area contributed by atoms with Crippen LogP contribution >= 0.6 is 15.9 Å². The maximum Gasteiger partial charge on any atom is 0.205 e. The molecule has 0 aliphatic carbocycles. The number of nitrogens with two attached hydrogens (primary N) is 1. The van der Waals surface area contributed by atoms with Gasteiger partial charge in [-0.25, -0.2) is 8.78 Å². The largest absolute Gasteiger partial charge is 0.491 e. The third-order valence-electron chi connectivity index (χ3n) is 1.46. The SMILES string of the molecule is COc1c(N)c(Br)c(F)c(F)c1F. The van der Waals surface area contributed by atoms with Gasteiger partial charge in [-0.15, -0.1) is 0 Å². The van der Waals surface area contributed by atoms with Crippen molar-refractivity contribution in [2.24, 2.45) is 0 Å². The minimum Gasteiger partial charge on any atom is -0.491 e. The Morgan fingerprint density at radius 2 is 1.69 bits per heavy atom. The van der Waals surface area contributed by atoms with E-state index in [-0.39, 0.29) is 10.2 Å². The molecule has 0 fully saturated rings. The Morgan fingerprint density at radius 1 is 1.15 bits per heavy atom. The van der Waals surface area contributed by atoms with E-state index in [1.54, 1.807) is 0 Å². The van der Waals surface area contributed by atoms with Gasteiger partial charge in [0.05, 0.1) is 17.3 Å². The summed E-state index contributed by atoms with van der Waals surface area (Å²) in [5.74, 6) is -4.92. The zero-order valence-corrected chi connectivity index (χ0v) is 8.08. The van der Waals surface area contributed by atoms with Crippen LogP contribution in [0.25, 0.3) is 0 Å². The van der Waals surface area contributed by atoms with Crippen LogP contribution in [0.3, 0.4) is 0 Å². The van der Waals surface area contributed by atoms with Gasteiger partial charge in [0.2, 0.25) is 5.82 Å². The van der Waals surface area contributed by atoms with Crippen molar-refractivity contribution in [3.05, 3.63) is 21.9 Å². The van der Waals surface area contributed by atoms with Gasteiger partial charge in [0, 0.05) is 0 Å². The monoisotopic (exact) mass is 255 g/mol. The predicted octanol–water partition coefficient (Wildman–Crippen LogP) is 2.46. The molecular weight excluding hydrogens is 251 g/mol. The first-order valence-corrected chi connectivity index (χ1v) is 3.95. The van der Waals surface area contributed by atoms with E-state index in [0.29, 0.717) is 0 Å². The number of benzene rings is 1. The standard InChI is InChI=1S/C7H5BrF3NO/c1-13-7-5(11)4(10)3(9)2(8)6(7)12/h12H2,1H3. The fraction of sp³-hybridized carbons (Fsp3) is 0.143. The fourth-order valence-electron chi connectivity index (χ4n) is 0.828. The van der Waals surface area contributed by atoms with Gasteiger partial charge in [-0.1, -0.05) is 0 Å². The molecule has 0 amide bonds. The Morgan fingerprint density at radius 3 is 2.15 bits per heavy atom. The highest BCUT2D eigenvalue weighted by molar-refractivity contribution is 9.10. The molecule has 0 atom stereocenters. The molecule has 0 bridgehead atoms. The highest BCUT2D eigenvalue weighted by atomic mass is 79.9. The lowest BCUT2D eigenvalue weighted by molar-refractivity contribution is 0.362. The number of hydrogen-bond acceptors (Lipinski definition) is 2. The zero-order chi connectivity index (χ0) is 10.2. The molecule has 0 spiro atoms. The van der Waals surface area contributed by atoms with Crippen LogP contribution in [0.2, 0.25) is 0 Å². The van der Waals surface area contributed by atoms with Crippen LogP contribution in [-0.2, 0) is 0 Å². The van der Waals surface area contributed by atoms with E-state index in [1.165, 1.54) is 0 Å². The van der Waals surface area contributed by atoms with Crippen LogP contribution in [0.15, 0.2) is 4.47 Å². The van der Waals surface area contributed by atoms with E-state index in [2.05, 4.69) is 20.7 Å². The first-order chi connectivity index (χ1) is 6.00. The topological polar surface area (TPSA) is 35.2 Å². The number of methoxy groups -OCH3 is 1. The third-order valence-corrected chi connectivity index (χ3v) is 2.24. The van der Waals surface area contributed by atoms with Crippen molar-refractivity contribution in [2.45, 2.75) is 0 Å². The van der Waals surface area contributed by atoms with E-state index >= 15 is 0 Å². The van der Waals surface area contributed by atoms with Crippen molar-refractivity contribution in [1.82, 2.24) is 0 Å². The van der Waals surface area contributed by atoms with Gasteiger partial charge in [0.25, 0.3) is 0 Å². The molecule has 1 aromatic rings. The maximum atomic E-state index is 12.9. The average molecular weight is 256 g/mol. The Labute approximate surface area is 80.6 Å². The van der Waals surface area contributed by atoms with E-state index in [4.69, 9.17) is 5.73 Å². The normalized spacial score (nSPS) is 10.2. The number of anilines is 1. The summed E-state index contributed by atoms with van der Waals surface area (Å²) in [4.78, 5) is 0. The Balaban J connectivity index is 3.56. The molecule has 0 aliphatic heterocycles. The minimum absolute atomic E-state index is 0.307. The van der Waals surface area contributed by atoms with Crippen molar-refractivity contribution in [2.75, 3.05) is 12.8 Å². The molecule has 1 aromatic carbocycles. The summed E-state index contributed by atoms with van der Waals surface area (Å²) >= 11 is 2.67. The molecule has 13 heavy (non-hydrogen) atoms. The first kappa shape index (κ1) is 10.2. The van der Waals surface area contributed by atoms with Crippen LogP contribution in [0.1, 0.15) is 0 Å². The highest BCUT2D eigenvalue weighted by Crippen LogP contribution is 2.36. The molecule has 0 aliphatic rings. The highest BCUT2D eigenvalue weighted by Gasteiger charge is 2.22. The number of halogens is 4. The van der Waals surface area contributed by atoms with Crippen LogP contribution < -0.4 is 10.5 Å². The summed E-state index contributed by atoms with van der Waals surface area (Å²) < 4.78 is 42.4. The van der Waals surface area contributed by atoms with Crippen molar-refractivity contribution in [3.8, 4) is 5.75 Å². The lowest BCUT2D eigenvalue weighted by Gasteiger charge is -2.08. The van der Waals surface area contributed by atoms with E-state index < -0.39 is 23.2 Å². The second kappa shape index (κ2) is 3.45. The second-order valence-electron chi connectivity index (χ2n) is 2.20. The van der Waals surface area contributed by atoms with E-state index in [9.17, 15) is 13.2 Å². The second-order valence-corrected chi connectivity index (χ2v) is 3.00. The van der Waals surface area contributed by atoms with E-state index in [0.717, 1.165) is 7.11 Å². The molecule has 0 radical (unpaired) electrons. The smallest absolute Gasteiger partial charge is 0.205 e. The van der Waals surface area contributed by atoms with Crippen molar-refractivity contribution >= 4 is 21.6 Å². The van der Waals surface area contributed by atoms with Crippen LogP contribution in [0.4, 0.5) is 18.9 Å². The van der Waals surface area contributed by atoms with Gasteiger partial charge >= 0.3 is 0 Å². The average Bonchev–Trinajstić information content (AvgIpc) is 2.13. The summed E-state index contributed by atoms with van der Waals surface area (Å²) in [5.41, 5.74) is 4.94. The Hall–Kier alpha value is -0.910. The molecular formula is C7H5BrF3NO. The number of rotatable bonds is 1. The number of hydrogen-bond donors (Lipinski definition) is 1. The first-order valence-electron chi connectivity index (χ1n) is 3.16. The van der Waals surface area contributed by atoms with Crippen molar-refractivity contribution in [3.63, 3.8) is 0 Å². The summed E-state index contributed by atoms with van der Waals surface area (Å²) in [7, 11) is 1.11. The molecule has 0 heterocycles. The molecule has 0 saturated heterocycles. The van der Waals surface area contributed by atoms with Gasteiger partial charge in [0.1, 0.15) is 0 Å². The number of ether oxygens (including phenoxy) is 1. The zero-order valence-electron chi connectivity index (χ0n) is 6.50. The fourth-order valence-corrected chi connectivity index (χ4v) is 1.18. The molecule has 0 aromatic heterocycles. The molecule has 1 rings (SSSR count).